The summed E-state index contributed by atoms with van der Waals surface area (Å²) < 4.78 is 17.9. The van der Waals surface area contributed by atoms with Crippen molar-refractivity contribution in [3.05, 3.63) is 90.5 Å². The van der Waals surface area contributed by atoms with Gasteiger partial charge in [-0.3, -0.25) is 4.79 Å². The standard InChI is InChI=1S/C41H51N5O7/c1-27-24-46(28(2)26-47)39(48)35-23-32(43-40(49)42-31-16-19-33(51-5)20-17-31)18-21-37(35)53-29(3)11-8-9-22-52-38(27)25-45(4)41(50)44-36-15-10-13-30-12-6-7-14-34(30)36/h6-7,10,12-21,23,27-29,38,47H,8-9,11,22,24-26H2,1-5H3,(H,44,50)(H2,42,43,49)/t27-,28+,29+,38-/m1/s1. The van der Waals surface area contributed by atoms with Crippen molar-refractivity contribution >= 4 is 45.8 Å². The van der Waals surface area contributed by atoms with Crippen LogP contribution in [0.2, 0.25) is 0 Å². The molecular formula is C41H51N5O7. The van der Waals surface area contributed by atoms with E-state index in [-0.39, 0.29) is 49.2 Å². The number of benzene rings is 4. The number of anilines is 3. The highest BCUT2D eigenvalue weighted by molar-refractivity contribution is 6.03. The summed E-state index contributed by atoms with van der Waals surface area (Å²) in [5, 5.41) is 20.9. The van der Waals surface area contributed by atoms with Gasteiger partial charge < -0.3 is 45.1 Å². The molecule has 0 unspecified atom stereocenters. The van der Waals surface area contributed by atoms with Crippen molar-refractivity contribution < 1.29 is 33.7 Å². The number of nitrogens with zero attached hydrogens (tertiary/aromatic N) is 2. The summed E-state index contributed by atoms with van der Waals surface area (Å²) in [4.78, 5) is 44.1. The predicted octanol–water partition coefficient (Wildman–Crippen LogP) is 7.45. The molecule has 0 spiro atoms. The lowest BCUT2D eigenvalue weighted by atomic mass is 10.0. The van der Waals surface area contributed by atoms with Gasteiger partial charge >= 0.3 is 12.1 Å². The van der Waals surface area contributed by atoms with E-state index in [0.717, 1.165) is 35.7 Å². The van der Waals surface area contributed by atoms with Crippen LogP contribution in [0.15, 0.2) is 84.9 Å². The number of amides is 5. The summed E-state index contributed by atoms with van der Waals surface area (Å²) >= 11 is 0. The quantitative estimate of drug-likeness (QED) is 0.148. The van der Waals surface area contributed by atoms with Crippen LogP contribution in [0.1, 0.15) is 50.4 Å². The zero-order chi connectivity index (χ0) is 37.9. The van der Waals surface area contributed by atoms with E-state index in [2.05, 4.69) is 16.0 Å². The summed E-state index contributed by atoms with van der Waals surface area (Å²) in [6.45, 7) is 6.44. The molecule has 4 N–H and O–H groups in total. The molecular weight excluding hydrogens is 674 g/mol. The summed E-state index contributed by atoms with van der Waals surface area (Å²) in [6, 6.07) is 24.3. The number of carbonyl (C=O) groups is 3. The van der Waals surface area contributed by atoms with Crippen LogP contribution in [-0.2, 0) is 4.74 Å². The third-order valence-corrected chi connectivity index (χ3v) is 9.49. The molecule has 0 aliphatic carbocycles. The van der Waals surface area contributed by atoms with Crippen molar-refractivity contribution in [2.45, 2.75) is 58.3 Å². The lowest BCUT2D eigenvalue weighted by molar-refractivity contribution is -0.0115. The Bertz CT molecular complexity index is 1850. The van der Waals surface area contributed by atoms with Gasteiger partial charge in [-0.2, -0.15) is 0 Å². The molecule has 12 nitrogen and oxygen atoms in total. The first-order valence-electron chi connectivity index (χ1n) is 18.1. The maximum absolute atomic E-state index is 14.5. The van der Waals surface area contributed by atoms with Gasteiger partial charge in [-0.25, -0.2) is 9.59 Å². The molecule has 4 atom stereocenters. The number of hydrogen-bond donors (Lipinski definition) is 4. The van der Waals surface area contributed by atoms with Crippen LogP contribution in [0.4, 0.5) is 26.7 Å². The molecule has 0 saturated carbocycles. The maximum Gasteiger partial charge on any atom is 0.323 e. The van der Waals surface area contributed by atoms with Crippen LogP contribution in [-0.4, -0.2) is 91.6 Å². The molecule has 1 aliphatic heterocycles. The fourth-order valence-corrected chi connectivity index (χ4v) is 6.33. The third-order valence-electron chi connectivity index (χ3n) is 9.49. The van der Waals surface area contributed by atoms with Gasteiger partial charge in [-0.05, 0) is 87.0 Å². The number of aliphatic hydroxyl groups excluding tert-OH is 1. The second-order valence-corrected chi connectivity index (χ2v) is 13.7. The Morgan fingerprint density at radius 2 is 1.68 bits per heavy atom. The molecule has 4 aromatic carbocycles. The molecule has 0 saturated heterocycles. The second-order valence-electron chi connectivity index (χ2n) is 13.7. The fourth-order valence-electron chi connectivity index (χ4n) is 6.33. The number of aliphatic hydroxyl groups is 1. The number of rotatable bonds is 8. The van der Waals surface area contributed by atoms with Crippen molar-refractivity contribution in [1.82, 2.24) is 9.80 Å². The van der Waals surface area contributed by atoms with Gasteiger partial charge in [0.05, 0.1) is 43.2 Å². The monoisotopic (exact) mass is 725 g/mol. The highest BCUT2D eigenvalue weighted by Gasteiger charge is 2.31. The van der Waals surface area contributed by atoms with Crippen LogP contribution in [0.3, 0.4) is 0 Å². The average molecular weight is 726 g/mol. The lowest BCUT2D eigenvalue weighted by Gasteiger charge is -2.35. The molecule has 53 heavy (non-hydrogen) atoms. The van der Waals surface area contributed by atoms with Gasteiger partial charge in [0.25, 0.3) is 5.91 Å². The second kappa shape index (κ2) is 18.4. The van der Waals surface area contributed by atoms with E-state index in [9.17, 15) is 19.5 Å². The molecule has 0 fully saturated rings. The zero-order valence-corrected chi connectivity index (χ0v) is 31.1. The first-order valence-corrected chi connectivity index (χ1v) is 18.1. The van der Waals surface area contributed by atoms with E-state index in [4.69, 9.17) is 14.2 Å². The first kappa shape index (κ1) is 38.9. The summed E-state index contributed by atoms with van der Waals surface area (Å²) in [6.07, 6.45) is 1.74. The number of urea groups is 2. The van der Waals surface area contributed by atoms with E-state index >= 15 is 0 Å². The van der Waals surface area contributed by atoms with Gasteiger partial charge in [0.1, 0.15) is 11.5 Å². The Morgan fingerprint density at radius 1 is 0.962 bits per heavy atom. The molecule has 282 valence electrons. The summed E-state index contributed by atoms with van der Waals surface area (Å²) in [7, 11) is 3.30. The number of likely N-dealkylation sites (N-methyl/N-ethyl adjacent to an activating group) is 1. The fraction of sp³-hybridized carbons (Fsp3) is 0.390. The van der Waals surface area contributed by atoms with Gasteiger partial charge in [-0.1, -0.05) is 43.3 Å². The van der Waals surface area contributed by atoms with Gasteiger partial charge in [0.15, 0.2) is 0 Å². The van der Waals surface area contributed by atoms with Crippen molar-refractivity contribution in [2.24, 2.45) is 5.92 Å². The van der Waals surface area contributed by atoms with Crippen LogP contribution >= 0.6 is 0 Å². The van der Waals surface area contributed by atoms with Crippen LogP contribution in [0.25, 0.3) is 10.8 Å². The third kappa shape index (κ3) is 10.4. The SMILES string of the molecule is COc1ccc(NC(=O)Nc2ccc3c(c2)C(=O)N([C@@H](C)CO)C[C@@H](C)[C@@H](CN(C)C(=O)Nc2cccc4ccccc24)OCCCC[C@H](C)O3)cc1. The Balaban J connectivity index is 1.36. The topological polar surface area (TPSA) is 142 Å². The minimum atomic E-state index is -0.550. The Hall–Kier alpha value is -5.33. The molecule has 5 rings (SSSR count). The number of ether oxygens (including phenoxy) is 3. The Labute approximate surface area is 311 Å². The molecule has 5 amide bonds. The normalized spacial score (nSPS) is 18.9. The molecule has 12 heteroatoms. The van der Waals surface area contributed by atoms with Crippen molar-refractivity contribution in [2.75, 3.05) is 56.4 Å². The van der Waals surface area contributed by atoms with E-state index in [1.807, 2.05) is 56.3 Å². The number of methoxy groups -OCH3 is 1. The maximum atomic E-state index is 14.5. The van der Waals surface area contributed by atoms with E-state index in [1.165, 1.54) is 0 Å². The van der Waals surface area contributed by atoms with Crippen molar-refractivity contribution in [1.29, 1.82) is 0 Å². The number of hydrogen-bond acceptors (Lipinski definition) is 7. The van der Waals surface area contributed by atoms with Crippen molar-refractivity contribution in [3.63, 3.8) is 0 Å². The molecule has 0 aromatic heterocycles. The highest BCUT2D eigenvalue weighted by Crippen LogP contribution is 2.29. The molecule has 4 aromatic rings. The van der Waals surface area contributed by atoms with Crippen LogP contribution in [0, 0.1) is 5.92 Å². The number of fused-ring (bicyclic) bond motifs is 2. The summed E-state index contributed by atoms with van der Waals surface area (Å²) in [5.74, 6) is 0.459. The highest BCUT2D eigenvalue weighted by atomic mass is 16.5. The van der Waals surface area contributed by atoms with Gasteiger partial charge in [-0.15, -0.1) is 0 Å². The smallest absolute Gasteiger partial charge is 0.323 e. The number of nitrogens with one attached hydrogen (secondary N) is 3. The van der Waals surface area contributed by atoms with E-state index in [0.29, 0.717) is 29.5 Å². The van der Waals surface area contributed by atoms with Crippen LogP contribution in [0.5, 0.6) is 11.5 Å². The lowest BCUT2D eigenvalue weighted by Crippen LogP contribution is -2.48. The van der Waals surface area contributed by atoms with Crippen LogP contribution < -0.4 is 25.4 Å². The van der Waals surface area contributed by atoms with E-state index in [1.54, 1.807) is 73.3 Å². The van der Waals surface area contributed by atoms with Crippen molar-refractivity contribution in [3.8, 4) is 11.5 Å². The van der Waals surface area contributed by atoms with Gasteiger partial charge in [0.2, 0.25) is 0 Å². The average Bonchev–Trinajstić information content (AvgIpc) is 3.16. The summed E-state index contributed by atoms with van der Waals surface area (Å²) in [5.41, 5.74) is 1.94. The Kier molecular flexibility index (Phi) is 13.5. The predicted molar refractivity (Wildman–Crippen MR) is 208 cm³/mol. The molecule has 1 aliphatic rings. The zero-order valence-electron chi connectivity index (χ0n) is 31.1. The number of carbonyl (C=O) groups excluding carboxylic acids is 3. The molecule has 0 bridgehead atoms. The van der Waals surface area contributed by atoms with E-state index < -0.39 is 18.2 Å². The first-order chi connectivity index (χ1) is 25.6. The minimum Gasteiger partial charge on any atom is -0.497 e. The Morgan fingerprint density at radius 3 is 2.43 bits per heavy atom. The largest absolute Gasteiger partial charge is 0.497 e. The molecule has 0 radical (unpaired) electrons. The minimum absolute atomic E-state index is 0.205. The molecule has 1 heterocycles. The van der Waals surface area contributed by atoms with Gasteiger partial charge in [0, 0.05) is 49.4 Å².